The van der Waals surface area contributed by atoms with E-state index < -0.39 is 0 Å². The molecule has 1 aromatic heterocycles. The third-order valence-corrected chi connectivity index (χ3v) is 2.34. The standard InChI is InChI=1S/C10H19N3O2/c1-4-10-9(6-14)11-12-13(10)5-8(2)7-15-3/h8,14H,4-7H2,1-3H3. The van der Waals surface area contributed by atoms with E-state index in [1.807, 2.05) is 11.6 Å². The van der Waals surface area contributed by atoms with Crippen molar-refractivity contribution in [3.63, 3.8) is 0 Å². The van der Waals surface area contributed by atoms with Gasteiger partial charge < -0.3 is 9.84 Å². The lowest BCUT2D eigenvalue weighted by Gasteiger charge is -2.11. The van der Waals surface area contributed by atoms with Crippen molar-refractivity contribution >= 4 is 0 Å². The van der Waals surface area contributed by atoms with Gasteiger partial charge in [-0.15, -0.1) is 5.10 Å². The van der Waals surface area contributed by atoms with Crippen LogP contribution in [-0.2, 0) is 24.3 Å². The highest BCUT2D eigenvalue weighted by atomic mass is 16.5. The van der Waals surface area contributed by atoms with Crippen LogP contribution in [0.15, 0.2) is 0 Å². The smallest absolute Gasteiger partial charge is 0.111 e. The van der Waals surface area contributed by atoms with Gasteiger partial charge in [-0.05, 0) is 12.3 Å². The summed E-state index contributed by atoms with van der Waals surface area (Å²) in [6.07, 6.45) is 0.836. The van der Waals surface area contributed by atoms with E-state index in [4.69, 9.17) is 9.84 Å². The number of ether oxygens (including phenoxy) is 1. The van der Waals surface area contributed by atoms with Crippen molar-refractivity contribution in [2.45, 2.75) is 33.4 Å². The Bertz CT molecular complexity index is 299. The van der Waals surface area contributed by atoms with Crippen LogP contribution in [0.2, 0.25) is 0 Å². The van der Waals surface area contributed by atoms with Crippen molar-refractivity contribution in [3.05, 3.63) is 11.4 Å². The molecule has 5 nitrogen and oxygen atoms in total. The van der Waals surface area contributed by atoms with Crippen molar-refractivity contribution in [1.82, 2.24) is 15.0 Å². The molecule has 0 saturated heterocycles. The summed E-state index contributed by atoms with van der Waals surface area (Å²) >= 11 is 0. The molecule has 0 spiro atoms. The molecule has 0 aromatic carbocycles. The van der Waals surface area contributed by atoms with Crippen LogP contribution in [0.4, 0.5) is 0 Å². The van der Waals surface area contributed by atoms with Crippen LogP contribution in [0, 0.1) is 5.92 Å². The van der Waals surface area contributed by atoms with Crippen LogP contribution in [0.5, 0.6) is 0 Å². The molecule has 0 bridgehead atoms. The number of rotatable bonds is 6. The topological polar surface area (TPSA) is 60.2 Å². The minimum Gasteiger partial charge on any atom is -0.390 e. The zero-order valence-electron chi connectivity index (χ0n) is 9.60. The Kier molecular flexibility index (Phi) is 4.71. The predicted octanol–water partition coefficient (Wildman–Crippen LogP) is 0.615. The summed E-state index contributed by atoms with van der Waals surface area (Å²) in [5, 5.41) is 17.0. The van der Waals surface area contributed by atoms with Crippen LogP contribution in [0.25, 0.3) is 0 Å². The first kappa shape index (κ1) is 12.1. The van der Waals surface area contributed by atoms with E-state index >= 15 is 0 Å². The summed E-state index contributed by atoms with van der Waals surface area (Å²) in [6, 6.07) is 0. The average Bonchev–Trinajstić information content (AvgIpc) is 2.60. The Morgan fingerprint density at radius 3 is 2.80 bits per heavy atom. The van der Waals surface area contributed by atoms with Gasteiger partial charge in [-0.3, -0.25) is 0 Å². The quantitative estimate of drug-likeness (QED) is 0.752. The number of hydrogen-bond acceptors (Lipinski definition) is 4. The molecule has 1 heterocycles. The molecule has 86 valence electrons. The molecule has 1 unspecified atom stereocenters. The first-order valence-corrected chi connectivity index (χ1v) is 5.23. The van der Waals surface area contributed by atoms with E-state index in [1.165, 1.54) is 0 Å². The molecule has 15 heavy (non-hydrogen) atoms. The van der Waals surface area contributed by atoms with E-state index in [0.29, 0.717) is 18.2 Å². The number of aromatic nitrogens is 3. The van der Waals surface area contributed by atoms with Gasteiger partial charge in [-0.1, -0.05) is 19.1 Å². The first-order chi connectivity index (χ1) is 7.22. The van der Waals surface area contributed by atoms with Crippen molar-refractivity contribution in [2.75, 3.05) is 13.7 Å². The number of nitrogens with zero attached hydrogens (tertiary/aromatic N) is 3. The van der Waals surface area contributed by atoms with Crippen LogP contribution in [-0.4, -0.2) is 33.8 Å². The van der Waals surface area contributed by atoms with Crippen LogP contribution >= 0.6 is 0 Å². The molecule has 0 radical (unpaired) electrons. The first-order valence-electron chi connectivity index (χ1n) is 5.23. The lowest BCUT2D eigenvalue weighted by atomic mass is 10.2. The minimum absolute atomic E-state index is 0.0398. The van der Waals surface area contributed by atoms with Crippen molar-refractivity contribution in [1.29, 1.82) is 0 Å². The molecular weight excluding hydrogens is 194 g/mol. The number of aliphatic hydroxyl groups excluding tert-OH is 1. The maximum atomic E-state index is 9.06. The van der Waals surface area contributed by atoms with Gasteiger partial charge in [0.05, 0.1) is 18.9 Å². The molecule has 1 N–H and O–H groups in total. The van der Waals surface area contributed by atoms with E-state index in [1.54, 1.807) is 7.11 Å². The average molecular weight is 213 g/mol. The second kappa shape index (κ2) is 5.82. The van der Waals surface area contributed by atoms with Gasteiger partial charge in [0.25, 0.3) is 0 Å². The van der Waals surface area contributed by atoms with Gasteiger partial charge in [0.2, 0.25) is 0 Å². The molecule has 0 amide bonds. The summed E-state index contributed by atoms with van der Waals surface area (Å²) in [5.74, 6) is 0.397. The molecule has 0 aliphatic carbocycles. The molecule has 1 rings (SSSR count). The van der Waals surface area contributed by atoms with E-state index in [-0.39, 0.29) is 6.61 Å². The molecule has 0 saturated carbocycles. The van der Waals surface area contributed by atoms with E-state index in [2.05, 4.69) is 17.2 Å². The zero-order chi connectivity index (χ0) is 11.3. The largest absolute Gasteiger partial charge is 0.390 e. The second-order valence-electron chi connectivity index (χ2n) is 3.74. The maximum absolute atomic E-state index is 9.06. The maximum Gasteiger partial charge on any atom is 0.111 e. The molecule has 5 heteroatoms. The molecule has 1 aromatic rings. The number of hydrogen-bond donors (Lipinski definition) is 1. The highest BCUT2D eigenvalue weighted by Gasteiger charge is 2.12. The Morgan fingerprint density at radius 1 is 1.53 bits per heavy atom. The lowest BCUT2D eigenvalue weighted by molar-refractivity contribution is 0.148. The van der Waals surface area contributed by atoms with E-state index in [9.17, 15) is 0 Å². The highest BCUT2D eigenvalue weighted by molar-refractivity contribution is 5.08. The normalized spacial score (nSPS) is 13.1. The van der Waals surface area contributed by atoms with Crippen LogP contribution < -0.4 is 0 Å². The Morgan fingerprint density at radius 2 is 2.27 bits per heavy atom. The van der Waals surface area contributed by atoms with Crippen molar-refractivity contribution < 1.29 is 9.84 Å². The van der Waals surface area contributed by atoms with Gasteiger partial charge in [0.15, 0.2) is 0 Å². The van der Waals surface area contributed by atoms with E-state index in [0.717, 1.165) is 18.7 Å². The Hall–Kier alpha value is -0.940. The molecule has 0 aliphatic heterocycles. The minimum atomic E-state index is -0.0398. The number of aliphatic hydroxyl groups is 1. The molecule has 0 aliphatic rings. The van der Waals surface area contributed by atoms with Crippen molar-refractivity contribution in [2.24, 2.45) is 5.92 Å². The predicted molar refractivity (Wildman–Crippen MR) is 56.4 cm³/mol. The fourth-order valence-corrected chi connectivity index (χ4v) is 1.66. The van der Waals surface area contributed by atoms with Crippen LogP contribution in [0.3, 0.4) is 0 Å². The number of methoxy groups -OCH3 is 1. The third-order valence-electron chi connectivity index (χ3n) is 2.34. The summed E-state index contributed by atoms with van der Waals surface area (Å²) in [5.41, 5.74) is 1.70. The van der Waals surface area contributed by atoms with Gasteiger partial charge in [0.1, 0.15) is 5.69 Å². The molecule has 0 fully saturated rings. The van der Waals surface area contributed by atoms with Crippen molar-refractivity contribution in [3.8, 4) is 0 Å². The Labute approximate surface area is 90.1 Å². The van der Waals surface area contributed by atoms with Gasteiger partial charge >= 0.3 is 0 Å². The summed E-state index contributed by atoms with van der Waals surface area (Å²) in [4.78, 5) is 0. The monoisotopic (exact) mass is 213 g/mol. The third kappa shape index (κ3) is 3.00. The van der Waals surface area contributed by atoms with Crippen LogP contribution in [0.1, 0.15) is 25.2 Å². The van der Waals surface area contributed by atoms with Gasteiger partial charge in [0, 0.05) is 13.7 Å². The molecular formula is C10H19N3O2. The summed E-state index contributed by atoms with van der Waals surface area (Å²) in [7, 11) is 1.69. The SMILES string of the molecule is CCc1c(CO)nnn1CC(C)COC. The summed E-state index contributed by atoms with van der Waals surface area (Å²) < 4.78 is 6.93. The second-order valence-corrected chi connectivity index (χ2v) is 3.74. The lowest BCUT2D eigenvalue weighted by Crippen LogP contribution is -2.15. The Balaban J connectivity index is 2.71. The highest BCUT2D eigenvalue weighted by Crippen LogP contribution is 2.09. The zero-order valence-corrected chi connectivity index (χ0v) is 9.60. The summed E-state index contributed by atoms with van der Waals surface area (Å²) in [6.45, 7) is 5.59. The fourth-order valence-electron chi connectivity index (χ4n) is 1.66. The van der Waals surface area contributed by atoms with Gasteiger partial charge in [-0.2, -0.15) is 0 Å². The van der Waals surface area contributed by atoms with Gasteiger partial charge in [-0.25, -0.2) is 4.68 Å². The molecule has 1 atom stereocenters. The fraction of sp³-hybridized carbons (Fsp3) is 0.800.